The van der Waals surface area contributed by atoms with E-state index in [0.717, 1.165) is 0 Å². The fourth-order valence-corrected chi connectivity index (χ4v) is 3.96. The molecular weight excluding hydrogens is 439 g/mol. The number of aromatic nitrogens is 2. The highest BCUT2D eigenvalue weighted by Crippen LogP contribution is 2.25. The van der Waals surface area contributed by atoms with Crippen LogP contribution in [0, 0.1) is 12.7 Å². The van der Waals surface area contributed by atoms with E-state index in [1.807, 2.05) is 5.38 Å². The van der Waals surface area contributed by atoms with Crippen LogP contribution in [0.15, 0.2) is 66.0 Å². The SMILES string of the molecule is Cc1nn(-c2ccc(F)cc2)c(Cl)c1C(=O)Nc1cccc(NC(=O)c2cccs2)c1. The zero-order valence-corrected chi connectivity index (χ0v) is 17.8. The number of carbonyl (C=O) groups is 2. The first-order valence-corrected chi connectivity index (χ1v) is 10.5. The van der Waals surface area contributed by atoms with Gasteiger partial charge in [-0.15, -0.1) is 11.3 Å². The molecule has 0 aliphatic rings. The van der Waals surface area contributed by atoms with Crippen molar-refractivity contribution in [3.8, 4) is 5.69 Å². The van der Waals surface area contributed by atoms with Gasteiger partial charge >= 0.3 is 0 Å². The van der Waals surface area contributed by atoms with Crippen LogP contribution in [-0.2, 0) is 0 Å². The Hall–Kier alpha value is -3.49. The minimum absolute atomic E-state index is 0.115. The van der Waals surface area contributed by atoms with Gasteiger partial charge < -0.3 is 10.6 Å². The third-order valence-corrected chi connectivity index (χ3v) is 5.64. The van der Waals surface area contributed by atoms with E-state index in [1.54, 1.807) is 43.3 Å². The lowest BCUT2D eigenvalue weighted by Gasteiger charge is -2.09. The lowest BCUT2D eigenvalue weighted by molar-refractivity contribution is 0.102. The Bertz CT molecular complexity index is 1250. The largest absolute Gasteiger partial charge is 0.322 e. The van der Waals surface area contributed by atoms with Crippen molar-refractivity contribution in [3.63, 3.8) is 0 Å². The number of hydrogen-bond donors (Lipinski definition) is 2. The standard InChI is InChI=1S/C22H16ClFN4O2S/c1-13-19(20(23)28(27-13)17-9-7-14(24)8-10-17)22(30)26-16-5-2-4-15(12-16)25-21(29)18-6-3-11-31-18/h2-12H,1H3,(H,25,29)(H,26,30). The molecule has 2 N–H and O–H groups in total. The van der Waals surface area contributed by atoms with E-state index in [4.69, 9.17) is 11.6 Å². The Kier molecular flexibility index (Phi) is 5.83. The third kappa shape index (κ3) is 4.50. The van der Waals surface area contributed by atoms with Gasteiger partial charge in [0.05, 0.1) is 16.3 Å². The van der Waals surface area contributed by atoms with Crippen molar-refractivity contribution in [3.05, 3.63) is 93.1 Å². The Morgan fingerprint density at radius 2 is 1.68 bits per heavy atom. The number of nitrogens with zero attached hydrogens (tertiary/aromatic N) is 2. The number of amides is 2. The van der Waals surface area contributed by atoms with Crippen molar-refractivity contribution in [2.45, 2.75) is 6.92 Å². The van der Waals surface area contributed by atoms with Crippen LogP contribution in [0.4, 0.5) is 15.8 Å². The van der Waals surface area contributed by atoms with Crippen molar-refractivity contribution in [1.29, 1.82) is 0 Å². The molecule has 2 aromatic heterocycles. The number of halogens is 2. The molecule has 0 fully saturated rings. The Morgan fingerprint density at radius 1 is 1.00 bits per heavy atom. The highest BCUT2D eigenvalue weighted by molar-refractivity contribution is 7.12. The maximum absolute atomic E-state index is 13.2. The topological polar surface area (TPSA) is 76.0 Å². The fourth-order valence-electron chi connectivity index (χ4n) is 2.98. The van der Waals surface area contributed by atoms with E-state index in [2.05, 4.69) is 15.7 Å². The number of nitrogens with one attached hydrogen (secondary N) is 2. The van der Waals surface area contributed by atoms with Gasteiger partial charge in [-0.2, -0.15) is 5.10 Å². The minimum atomic E-state index is -0.447. The van der Waals surface area contributed by atoms with Crippen molar-refractivity contribution >= 4 is 46.1 Å². The number of rotatable bonds is 5. The van der Waals surface area contributed by atoms with Crippen LogP contribution in [0.25, 0.3) is 5.69 Å². The molecule has 0 bridgehead atoms. The summed E-state index contributed by atoms with van der Waals surface area (Å²) in [7, 11) is 0. The van der Waals surface area contributed by atoms with E-state index in [-0.39, 0.29) is 22.4 Å². The predicted octanol–water partition coefficient (Wildman–Crippen LogP) is 5.54. The molecule has 0 aliphatic heterocycles. The van der Waals surface area contributed by atoms with Crippen LogP contribution in [0.3, 0.4) is 0 Å². The molecule has 2 heterocycles. The molecule has 9 heteroatoms. The molecule has 0 saturated heterocycles. The van der Waals surface area contributed by atoms with Gasteiger partial charge in [0.1, 0.15) is 16.5 Å². The fraction of sp³-hybridized carbons (Fsp3) is 0.0455. The van der Waals surface area contributed by atoms with Gasteiger partial charge in [0, 0.05) is 11.4 Å². The molecule has 2 aromatic carbocycles. The highest BCUT2D eigenvalue weighted by atomic mass is 35.5. The van der Waals surface area contributed by atoms with Crippen LogP contribution >= 0.6 is 22.9 Å². The van der Waals surface area contributed by atoms with Crippen LogP contribution in [0.2, 0.25) is 5.15 Å². The second-order valence-corrected chi connectivity index (χ2v) is 7.91. The summed E-state index contributed by atoms with van der Waals surface area (Å²) < 4.78 is 14.6. The summed E-state index contributed by atoms with van der Waals surface area (Å²) in [6.45, 7) is 1.67. The molecule has 0 radical (unpaired) electrons. The molecule has 4 aromatic rings. The van der Waals surface area contributed by atoms with Crippen LogP contribution in [0.5, 0.6) is 0 Å². The number of carbonyl (C=O) groups excluding carboxylic acids is 2. The van der Waals surface area contributed by atoms with Crippen LogP contribution < -0.4 is 10.6 Å². The number of anilines is 2. The monoisotopic (exact) mass is 454 g/mol. The molecule has 0 aliphatic carbocycles. The number of thiophene rings is 1. The minimum Gasteiger partial charge on any atom is -0.322 e. The molecule has 156 valence electrons. The van der Waals surface area contributed by atoms with Crippen molar-refractivity contribution in [2.75, 3.05) is 10.6 Å². The summed E-state index contributed by atoms with van der Waals surface area (Å²) in [6.07, 6.45) is 0. The molecule has 31 heavy (non-hydrogen) atoms. The van der Waals surface area contributed by atoms with Gasteiger partial charge in [0.2, 0.25) is 0 Å². The van der Waals surface area contributed by atoms with Crippen molar-refractivity contribution < 1.29 is 14.0 Å². The normalized spacial score (nSPS) is 10.7. The Morgan fingerprint density at radius 3 is 2.32 bits per heavy atom. The van der Waals surface area contributed by atoms with Gasteiger partial charge in [-0.3, -0.25) is 9.59 Å². The molecule has 0 atom stereocenters. The summed E-state index contributed by atoms with van der Waals surface area (Å²) in [5.41, 5.74) is 2.19. The summed E-state index contributed by atoms with van der Waals surface area (Å²) in [5, 5.41) is 11.8. The van der Waals surface area contributed by atoms with Gasteiger partial charge in [-0.1, -0.05) is 23.7 Å². The first kappa shape index (κ1) is 20.8. The summed E-state index contributed by atoms with van der Waals surface area (Å²) in [6, 6.07) is 16.0. The van der Waals surface area contributed by atoms with Gasteiger partial charge in [0.15, 0.2) is 0 Å². The van der Waals surface area contributed by atoms with Gasteiger partial charge in [0.25, 0.3) is 11.8 Å². The molecule has 0 spiro atoms. The number of aryl methyl sites for hydroxylation is 1. The molecule has 6 nitrogen and oxygen atoms in total. The van der Waals surface area contributed by atoms with E-state index in [0.29, 0.717) is 27.6 Å². The summed E-state index contributed by atoms with van der Waals surface area (Å²) in [4.78, 5) is 25.7. The molecule has 4 rings (SSSR count). The average Bonchev–Trinajstić information content (AvgIpc) is 3.37. The van der Waals surface area contributed by atoms with E-state index in [1.165, 1.54) is 40.3 Å². The molecule has 0 saturated carbocycles. The lowest BCUT2D eigenvalue weighted by Crippen LogP contribution is -2.14. The third-order valence-electron chi connectivity index (χ3n) is 4.43. The van der Waals surface area contributed by atoms with E-state index in [9.17, 15) is 14.0 Å². The zero-order chi connectivity index (χ0) is 22.0. The smallest absolute Gasteiger partial charge is 0.265 e. The van der Waals surface area contributed by atoms with Crippen LogP contribution in [-0.4, -0.2) is 21.6 Å². The number of benzene rings is 2. The molecular formula is C22H16ClFN4O2S. The van der Waals surface area contributed by atoms with Crippen molar-refractivity contribution in [1.82, 2.24) is 9.78 Å². The number of hydrogen-bond acceptors (Lipinski definition) is 4. The summed E-state index contributed by atoms with van der Waals surface area (Å²) in [5.74, 6) is -1.05. The Balaban J connectivity index is 1.53. The molecule has 2 amide bonds. The van der Waals surface area contributed by atoms with Crippen LogP contribution in [0.1, 0.15) is 25.7 Å². The molecule has 0 unspecified atom stereocenters. The second kappa shape index (κ2) is 8.71. The quantitative estimate of drug-likeness (QED) is 0.415. The van der Waals surface area contributed by atoms with Crippen molar-refractivity contribution in [2.24, 2.45) is 0 Å². The Labute approximate surface area is 186 Å². The highest BCUT2D eigenvalue weighted by Gasteiger charge is 2.21. The summed E-state index contributed by atoms with van der Waals surface area (Å²) >= 11 is 7.75. The van der Waals surface area contributed by atoms with E-state index >= 15 is 0 Å². The van der Waals surface area contributed by atoms with Gasteiger partial charge in [-0.05, 0) is 60.8 Å². The zero-order valence-electron chi connectivity index (χ0n) is 16.2. The first-order chi connectivity index (χ1) is 14.9. The van der Waals surface area contributed by atoms with E-state index < -0.39 is 5.91 Å². The maximum atomic E-state index is 13.2. The second-order valence-electron chi connectivity index (χ2n) is 6.61. The first-order valence-electron chi connectivity index (χ1n) is 9.19. The van der Waals surface area contributed by atoms with Gasteiger partial charge in [-0.25, -0.2) is 9.07 Å². The predicted molar refractivity (Wildman–Crippen MR) is 120 cm³/mol. The lowest BCUT2D eigenvalue weighted by atomic mass is 10.2. The maximum Gasteiger partial charge on any atom is 0.265 e. The average molecular weight is 455 g/mol.